The van der Waals surface area contributed by atoms with Crippen LogP contribution in [-0.2, 0) is 0 Å². The van der Waals surface area contributed by atoms with E-state index < -0.39 is 0 Å². The number of nitrogens with two attached hydrogens (primary N) is 1. The lowest BCUT2D eigenvalue weighted by Gasteiger charge is -2.29. The van der Waals surface area contributed by atoms with Gasteiger partial charge in [-0.05, 0) is 34.1 Å². The van der Waals surface area contributed by atoms with Crippen molar-refractivity contribution in [2.75, 3.05) is 0 Å². The lowest BCUT2D eigenvalue weighted by molar-refractivity contribution is 0.164. The molecular formula is C13H11BrFNOS. The van der Waals surface area contributed by atoms with Gasteiger partial charge in [0, 0.05) is 29.0 Å². The highest BCUT2D eigenvalue weighted by Gasteiger charge is 2.28. The second kappa shape index (κ2) is 4.64. The van der Waals surface area contributed by atoms with E-state index in [2.05, 4.69) is 15.9 Å². The van der Waals surface area contributed by atoms with E-state index in [9.17, 15) is 4.39 Å². The molecule has 3 rings (SSSR count). The van der Waals surface area contributed by atoms with Gasteiger partial charge < -0.3 is 10.5 Å². The van der Waals surface area contributed by atoms with Gasteiger partial charge in [0.05, 0.1) is 3.79 Å². The molecular weight excluding hydrogens is 317 g/mol. The zero-order valence-electron chi connectivity index (χ0n) is 9.40. The van der Waals surface area contributed by atoms with Gasteiger partial charge >= 0.3 is 0 Å². The Morgan fingerprint density at radius 1 is 1.33 bits per heavy atom. The van der Waals surface area contributed by atoms with Crippen molar-refractivity contribution >= 4 is 27.3 Å². The number of fused-ring (bicyclic) bond motifs is 1. The molecule has 5 heteroatoms. The third-order valence-electron chi connectivity index (χ3n) is 3.02. The van der Waals surface area contributed by atoms with Gasteiger partial charge in [0.2, 0.25) is 0 Å². The van der Waals surface area contributed by atoms with Crippen molar-refractivity contribution in [2.45, 2.75) is 18.6 Å². The minimum absolute atomic E-state index is 0.0920. The highest BCUT2D eigenvalue weighted by atomic mass is 79.9. The molecule has 0 amide bonds. The van der Waals surface area contributed by atoms with E-state index in [1.807, 2.05) is 12.1 Å². The highest BCUT2D eigenvalue weighted by molar-refractivity contribution is 9.11. The summed E-state index contributed by atoms with van der Waals surface area (Å²) in [6.07, 6.45) is 0.622. The number of hydrogen-bond donors (Lipinski definition) is 1. The molecule has 2 nitrogen and oxygen atoms in total. The maximum atomic E-state index is 13.2. The Bertz CT molecular complexity index is 586. The van der Waals surface area contributed by atoms with Crippen molar-refractivity contribution in [1.82, 2.24) is 0 Å². The third-order valence-corrected chi connectivity index (χ3v) is 4.74. The molecule has 0 fully saturated rings. The van der Waals surface area contributed by atoms with E-state index in [0.29, 0.717) is 12.2 Å². The largest absolute Gasteiger partial charge is 0.484 e. The number of halogens is 2. The smallest absolute Gasteiger partial charge is 0.135 e. The van der Waals surface area contributed by atoms with Gasteiger partial charge in [-0.15, -0.1) is 11.3 Å². The average Bonchev–Trinajstić information content (AvgIpc) is 2.75. The first-order valence-electron chi connectivity index (χ1n) is 5.60. The van der Waals surface area contributed by atoms with E-state index in [4.69, 9.17) is 10.5 Å². The molecule has 18 heavy (non-hydrogen) atoms. The first-order chi connectivity index (χ1) is 8.63. The van der Waals surface area contributed by atoms with Crippen molar-refractivity contribution < 1.29 is 9.13 Å². The first-order valence-corrected chi connectivity index (χ1v) is 7.21. The number of benzene rings is 1. The van der Waals surface area contributed by atoms with Gasteiger partial charge in [0.25, 0.3) is 0 Å². The van der Waals surface area contributed by atoms with Crippen LogP contribution in [0.3, 0.4) is 0 Å². The van der Waals surface area contributed by atoms with Crippen LogP contribution in [0, 0.1) is 5.82 Å². The summed E-state index contributed by atoms with van der Waals surface area (Å²) in [4.78, 5) is 1.10. The van der Waals surface area contributed by atoms with Crippen molar-refractivity contribution in [3.63, 3.8) is 0 Å². The summed E-state index contributed by atoms with van der Waals surface area (Å²) in [5, 5.41) is 0. The summed E-state index contributed by atoms with van der Waals surface area (Å²) in [7, 11) is 0. The fraction of sp³-hybridized carbons (Fsp3) is 0.231. The van der Waals surface area contributed by atoms with Gasteiger partial charge in [-0.3, -0.25) is 0 Å². The summed E-state index contributed by atoms with van der Waals surface area (Å²) in [6.45, 7) is 0. The molecule has 0 aliphatic carbocycles. The number of hydrogen-bond acceptors (Lipinski definition) is 3. The van der Waals surface area contributed by atoms with Gasteiger partial charge in [-0.1, -0.05) is 6.07 Å². The van der Waals surface area contributed by atoms with E-state index in [1.54, 1.807) is 17.4 Å². The highest BCUT2D eigenvalue weighted by Crippen LogP contribution is 2.42. The Labute approximate surface area is 117 Å². The lowest BCUT2D eigenvalue weighted by Crippen LogP contribution is -2.23. The minimum atomic E-state index is -0.297. The molecule has 0 saturated carbocycles. The fourth-order valence-corrected chi connectivity index (χ4v) is 3.62. The van der Waals surface area contributed by atoms with Crippen LogP contribution in [0.1, 0.15) is 29.0 Å². The maximum Gasteiger partial charge on any atom is 0.135 e. The molecule has 1 aliphatic heterocycles. The van der Waals surface area contributed by atoms with E-state index in [0.717, 1.165) is 14.2 Å². The van der Waals surface area contributed by atoms with Crippen LogP contribution in [-0.4, -0.2) is 0 Å². The van der Waals surface area contributed by atoms with Crippen LogP contribution in [0.5, 0.6) is 5.75 Å². The predicted molar refractivity (Wildman–Crippen MR) is 73.3 cm³/mol. The lowest BCUT2D eigenvalue weighted by atomic mass is 9.96. The molecule has 0 radical (unpaired) electrons. The molecule has 0 bridgehead atoms. The quantitative estimate of drug-likeness (QED) is 0.853. The van der Waals surface area contributed by atoms with Gasteiger partial charge in [0.15, 0.2) is 0 Å². The second-order valence-corrected chi connectivity index (χ2v) is 6.77. The van der Waals surface area contributed by atoms with Crippen molar-refractivity contribution in [3.05, 3.63) is 50.4 Å². The Kier molecular flexibility index (Phi) is 3.13. The fourth-order valence-electron chi connectivity index (χ4n) is 2.15. The molecule has 1 aliphatic rings. The standard InChI is InChI=1S/C13H11BrFNOS/c14-13-4-3-12(18-13)11-6-9(16)8-2-1-7(15)5-10(8)17-11/h1-5,9,11H,6,16H2. The van der Waals surface area contributed by atoms with Crippen molar-refractivity contribution in [2.24, 2.45) is 5.73 Å². The minimum Gasteiger partial charge on any atom is -0.484 e. The summed E-state index contributed by atoms with van der Waals surface area (Å²) in [6, 6.07) is 8.41. The van der Waals surface area contributed by atoms with Crippen LogP contribution < -0.4 is 10.5 Å². The normalized spacial score (nSPS) is 22.4. The maximum absolute atomic E-state index is 13.2. The van der Waals surface area contributed by atoms with Crippen molar-refractivity contribution in [1.29, 1.82) is 0 Å². The molecule has 1 aromatic carbocycles. The first kappa shape index (κ1) is 12.1. The van der Waals surface area contributed by atoms with Gasteiger partial charge in [-0.25, -0.2) is 4.39 Å². The zero-order valence-corrected chi connectivity index (χ0v) is 11.8. The van der Waals surface area contributed by atoms with Crippen LogP contribution >= 0.6 is 27.3 Å². The Morgan fingerprint density at radius 2 is 2.17 bits per heavy atom. The average molecular weight is 328 g/mol. The molecule has 2 N–H and O–H groups in total. The summed E-state index contributed by atoms with van der Waals surface area (Å²) in [5.74, 6) is 0.261. The molecule has 0 spiro atoms. The van der Waals surface area contributed by atoms with Crippen LogP contribution in [0.15, 0.2) is 34.1 Å². The van der Waals surface area contributed by atoms with Gasteiger partial charge in [0.1, 0.15) is 17.7 Å². The van der Waals surface area contributed by atoms with Crippen molar-refractivity contribution in [3.8, 4) is 5.75 Å². The Hall–Kier alpha value is -0.910. The Morgan fingerprint density at radius 3 is 2.89 bits per heavy atom. The monoisotopic (exact) mass is 327 g/mol. The molecule has 2 unspecified atom stereocenters. The summed E-state index contributed by atoms with van der Waals surface area (Å²) < 4.78 is 20.1. The molecule has 1 aromatic heterocycles. The van der Waals surface area contributed by atoms with E-state index in [-0.39, 0.29) is 18.0 Å². The van der Waals surface area contributed by atoms with Crippen LogP contribution in [0.4, 0.5) is 4.39 Å². The number of thiophene rings is 1. The second-order valence-electron chi connectivity index (χ2n) is 4.27. The van der Waals surface area contributed by atoms with Gasteiger partial charge in [-0.2, -0.15) is 0 Å². The number of rotatable bonds is 1. The van der Waals surface area contributed by atoms with E-state index >= 15 is 0 Å². The molecule has 94 valence electrons. The summed E-state index contributed by atoms with van der Waals surface area (Å²) in [5.41, 5.74) is 7.00. The molecule has 2 atom stereocenters. The third kappa shape index (κ3) is 2.18. The zero-order chi connectivity index (χ0) is 12.7. The molecule has 2 heterocycles. The SMILES string of the molecule is NC1CC(c2ccc(Br)s2)Oc2cc(F)ccc21. The predicted octanol–water partition coefficient (Wildman–Crippen LogP) is 4.17. The topological polar surface area (TPSA) is 35.2 Å². The number of ether oxygens (including phenoxy) is 1. The van der Waals surface area contributed by atoms with E-state index in [1.165, 1.54) is 12.1 Å². The molecule has 2 aromatic rings. The summed E-state index contributed by atoms with van der Waals surface area (Å²) >= 11 is 5.05. The van der Waals surface area contributed by atoms with Crippen LogP contribution in [0.2, 0.25) is 0 Å². The van der Waals surface area contributed by atoms with Crippen LogP contribution in [0.25, 0.3) is 0 Å². The Balaban J connectivity index is 1.95. The molecule has 0 saturated heterocycles.